The zero-order chi connectivity index (χ0) is 21.3. The van der Waals surface area contributed by atoms with Gasteiger partial charge >= 0.3 is 5.97 Å². The molecule has 3 rings (SSSR count). The lowest BCUT2D eigenvalue weighted by Gasteiger charge is -2.23. The molecular weight excluding hydrogens is 390 g/mol. The molecule has 2 aromatic heterocycles. The SMILES string of the molecule is C[C@@H]1CCc2c(sc3nc(CCC(=O)O[C@@H](C)C(=O)NC(C)(C)C)[nH]c(=O)c23)C1. The van der Waals surface area contributed by atoms with Gasteiger partial charge in [-0.2, -0.15) is 0 Å². The second-order valence-corrected chi connectivity index (χ2v) is 10.00. The minimum atomic E-state index is -0.873. The van der Waals surface area contributed by atoms with E-state index in [0.717, 1.165) is 29.7 Å². The van der Waals surface area contributed by atoms with Gasteiger partial charge in [-0.25, -0.2) is 4.98 Å². The van der Waals surface area contributed by atoms with E-state index in [-0.39, 0.29) is 24.3 Å². The number of nitrogens with one attached hydrogen (secondary N) is 2. The Morgan fingerprint density at radius 2 is 2.10 bits per heavy atom. The Balaban J connectivity index is 1.64. The first-order valence-corrected chi connectivity index (χ1v) is 10.9. The number of ether oxygens (including phenoxy) is 1. The molecule has 0 radical (unpaired) electrons. The highest BCUT2D eigenvalue weighted by molar-refractivity contribution is 7.18. The average Bonchev–Trinajstić information content (AvgIpc) is 2.96. The van der Waals surface area contributed by atoms with Crippen molar-refractivity contribution in [3.63, 3.8) is 0 Å². The first kappa shape index (κ1) is 21.5. The number of fused-ring (bicyclic) bond motifs is 3. The minimum Gasteiger partial charge on any atom is -0.453 e. The molecule has 29 heavy (non-hydrogen) atoms. The number of carbonyl (C=O) groups is 2. The van der Waals surface area contributed by atoms with Crippen LogP contribution in [0.15, 0.2) is 4.79 Å². The normalized spacial score (nSPS) is 17.6. The molecule has 0 spiro atoms. The maximum atomic E-state index is 12.6. The highest BCUT2D eigenvalue weighted by Gasteiger charge is 2.24. The van der Waals surface area contributed by atoms with E-state index < -0.39 is 17.6 Å². The summed E-state index contributed by atoms with van der Waals surface area (Å²) in [4.78, 5) is 46.1. The zero-order valence-electron chi connectivity index (χ0n) is 17.7. The van der Waals surface area contributed by atoms with E-state index in [9.17, 15) is 14.4 Å². The summed E-state index contributed by atoms with van der Waals surface area (Å²) in [6.07, 6.45) is 2.43. The number of rotatable bonds is 5. The summed E-state index contributed by atoms with van der Waals surface area (Å²) >= 11 is 1.59. The average molecular weight is 420 g/mol. The maximum absolute atomic E-state index is 12.6. The summed E-state index contributed by atoms with van der Waals surface area (Å²) in [6, 6.07) is 0. The van der Waals surface area contributed by atoms with Gasteiger partial charge in [0.25, 0.3) is 11.5 Å². The van der Waals surface area contributed by atoms with E-state index in [4.69, 9.17) is 4.74 Å². The Labute approximate surface area is 174 Å². The van der Waals surface area contributed by atoms with Crippen LogP contribution in [0, 0.1) is 5.92 Å². The summed E-state index contributed by atoms with van der Waals surface area (Å²) < 4.78 is 5.21. The van der Waals surface area contributed by atoms with Gasteiger partial charge in [0.05, 0.1) is 11.8 Å². The van der Waals surface area contributed by atoms with E-state index in [0.29, 0.717) is 17.1 Å². The van der Waals surface area contributed by atoms with Crippen molar-refractivity contribution in [2.75, 3.05) is 0 Å². The second kappa shape index (κ2) is 8.26. The number of hydrogen-bond acceptors (Lipinski definition) is 6. The van der Waals surface area contributed by atoms with Gasteiger partial charge in [-0.15, -0.1) is 11.3 Å². The molecule has 7 nitrogen and oxygen atoms in total. The molecule has 1 aliphatic carbocycles. The molecule has 0 saturated carbocycles. The van der Waals surface area contributed by atoms with Gasteiger partial charge in [0.1, 0.15) is 10.7 Å². The fraction of sp³-hybridized carbons (Fsp3) is 0.619. The van der Waals surface area contributed by atoms with Crippen LogP contribution in [0.2, 0.25) is 0 Å². The molecule has 2 N–H and O–H groups in total. The molecule has 2 heterocycles. The van der Waals surface area contributed by atoms with Gasteiger partial charge < -0.3 is 15.0 Å². The lowest BCUT2D eigenvalue weighted by molar-refractivity contribution is -0.155. The van der Waals surface area contributed by atoms with Crippen LogP contribution in [-0.2, 0) is 33.6 Å². The summed E-state index contributed by atoms with van der Waals surface area (Å²) in [5.74, 6) is 0.264. The largest absolute Gasteiger partial charge is 0.453 e. The van der Waals surface area contributed by atoms with Crippen molar-refractivity contribution in [3.05, 3.63) is 26.6 Å². The van der Waals surface area contributed by atoms with Crippen LogP contribution in [0.3, 0.4) is 0 Å². The number of nitrogens with zero attached hydrogens (tertiary/aromatic N) is 1. The monoisotopic (exact) mass is 419 g/mol. The van der Waals surface area contributed by atoms with E-state index in [1.807, 2.05) is 20.8 Å². The quantitative estimate of drug-likeness (QED) is 0.726. The summed E-state index contributed by atoms with van der Waals surface area (Å²) in [7, 11) is 0. The standard InChI is InChI=1S/C21H29N3O4S/c1-11-6-7-13-14(10-11)29-20-17(13)19(27)22-15(23-20)8-9-16(25)28-12(2)18(26)24-21(3,4)5/h11-12H,6-10H2,1-5H3,(H,24,26)(H,22,23,27)/t11-,12+/m1/s1. The molecule has 1 aliphatic rings. The maximum Gasteiger partial charge on any atom is 0.307 e. The van der Waals surface area contributed by atoms with Crippen LogP contribution in [0.4, 0.5) is 0 Å². The fourth-order valence-corrected chi connectivity index (χ4v) is 4.92. The van der Waals surface area contributed by atoms with Crippen LogP contribution in [0.1, 0.15) is 63.7 Å². The lowest BCUT2D eigenvalue weighted by atomic mass is 9.89. The Morgan fingerprint density at radius 1 is 1.38 bits per heavy atom. The van der Waals surface area contributed by atoms with Gasteiger partial charge in [0, 0.05) is 16.8 Å². The van der Waals surface area contributed by atoms with Crippen LogP contribution in [0.25, 0.3) is 10.2 Å². The first-order valence-electron chi connectivity index (χ1n) is 10.1. The summed E-state index contributed by atoms with van der Waals surface area (Å²) in [5, 5.41) is 3.48. The minimum absolute atomic E-state index is 0.0453. The molecule has 0 aliphatic heterocycles. The van der Waals surface area contributed by atoms with Crippen LogP contribution < -0.4 is 10.9 Å². The molecule has 0 bridgehead atoms. The molecule has 2 aromatic rings. The molecule has 0 fully saturated rings. The lowest BCUT2D eigenvalue weighted by Crippen LogP contribution is -2.46. The van der Waals surface area contributed by atoms with Gasteiger partial charge in [0.2, 0.25) is 0 Å². The molecule has 0 saturated heterocycles. The Bertz CT molecular complexity index is 986. The van der Waals surface area contributed by atoms with Crippen LogP contribution in [-0.4, -0.2) is 33.5 Å². The number of aromatic amines is 1. The molecular formula is C21H29N3O4S. The van der Waals surface area contributed by atoms with Crippen molar-refractivity contribution >= 4 is 33.4 Å². The first-order chi connectivity index (χ1) is 13.5. The van der Waals surface area contributed by atoms with Gasteiger partial charge in [-0.3, -0.25) is 14.4 Å². The number of thiophene rings is 1. The number of aryl methyl sites for hydroxylation is 2. The highest BCUT2D eigenvalue weighted by atomic mass is 32.1. The molecule has 0 unspecified atom stereocenters. The third-order valence-electron chi connectivity index (χ3n) is 4.96. The molecule has 1 amide bonds. The molecule has 158 valence electrons. The molecule has 8 heteroatoms. The number of H-pyrrole nitrogens is 1. The van der Waals surface area contributed by atoms with Crippen molar-refractivity contribution < 1.29 is 14.3 Å². The third-order valence-corrected chi connectivity index (χ3v) is 6.10. The van der Waals surface area contributed by atoms with Gasteiger partial charge in [-0.05, 0) is 58.4 Å². The molecule has 2 atom stereocenters. The highest BCUT2D eigenvalue weighted by Crippen LogP contribution is 2.35. The Morgan fingerprint density at radius 3 is 2.79 bits per heavy atom. The van der Waals surface area contributed by atoms with Gasteiger partial charge in [0.15, 0.2) is 6.10 Å². The smallest absolute Gasteiger partial charge is 0.307 e. The number of aromatic nitrogens is 2. The van der Waals surface area contributed by atoms with Crippen LogP contribution >= 0.6 is 11.3 Å². The van der Waals surface area contributed by atoms with Crippen molar-refractivity contribution in [1.29, 1.82) is 0 Å². The number of amides is 1. The predicted octanol–water partition coefficient (Wildman–Crippen LogP) is 2.89. The summed E-state index contributed by atoms with van der Waals surface area (Å²) in [6.45, 7) is 9.36. The molecule has 0 aromatic carbocycles. The third kappa shape index (κ3) is 5.23. The van der Waals surface area contributed by atoms with Crippen LogP contribution in [0.5, 0.6) is 0 Å². The second-order valence-electron chi connectivity index (χ2n) is 8.92. The number of esters is 1. The Hall–Kier alpha value is -2.22. The topological polar surface area (TPSA) is 101 Å². The van der Waals surface area contributed by atoms with Gasteiger partial charge in [-0.1, -0.05) is 6.92 Å². The predicted molar refractivity (Wildman–Crippen MR) is 113 cm³/mol. The van der Waals surface area contributed by atoms with E-state index in [1.165, 1.54) is 4.88 Å². The zero-order valence-corrected chi connectivity index (χ0v) is 18.5. The van der Waals surface area contributed by atoms with E-state index >= 15 is 0 Å². The van der Waals surface area contributed by atoms with Crippen molar-refractivity contribution in [2.45, 2.75) is 78.4 Å². The van der Waals surface area contributed by atoms with Crippen molar-refractivity contribution in [1.82, 2.24) is 15.3 Å². The van der Waals surface area contributed by atoms with E-state index in [1.54, 1.807) is 18.3 Å². The van der Waals surface area contributed by atoms with Crippen molar-refractivity contribution in [3.8, 4) is 0 Å². The van der Waals surface area contributed by atoms with Crippen molar-refractivity contribution in [2.24, 2.45) is 5.92 Å². The number of hydrogen-bond donors (Lipinski definition) is 2. The van der Waals surface area contributed by atoms with E-state index in [2.05, 4.69) is 22.2 Å². The summed E-state index contributed by atoms with van der Waals surface area (Å²) in [5.41, 5.74) is 0.610. The number of carbonyl (C=O) groups excluding carboxylic acids is 2. The Kier molecular flexibility index (Phi) is 6.12. The fourth-order valence-electron chi connectivity index (χ4n) is 3.51.